The van der Waals surface area contributed by atoms with Crippen molar-refractivity contribution in [3.8, 4) is 5.75 Å². The van der Waals surface area contributed by atoms with Crippen LogP contribution in [0.15, 0.2) is 24.3 Å². The van der Waals surface area contributed by atoms with E-state index in [9.17, 15) is 0 Å². The quantitative estimate of drug-likeness (QED) is 0.581. The highest BCUT2D eigenvalue weighted by Gasteiger charge is 2.22. The van der Waals surface area contributed by atoms with Gasteiger partial charge >= 0.3 is 0 Å². The molecule has 1 aliphatic rings. The first kappa shape index (κ1) is 12.7. The highest BCUT2D eigenvalue weighted by molar-refractivity contribution is 6.30. The minimum absolute atomic E-state index is 0.228. The molecular weight excluding hydrogens is 236 g/mol. The predicted molar refractivity (Wildman–Crippen MR) is 70.0 cm³/mol. The average molecular weight is 255 g/mol. The summed E-state index contributed by atoms with van der Waals surface area (Å²) < 4.78 is 5.67. The van der Waals surface area contributed by atoms with Crippen LogP contribution >= 0.6 is 11.6 Å². The maximum absolute atomic E-state index is 5.81. The van der Waals surface area contributed by atoms with E-state index in [-0.39, 0.29) is 6.04 Å². The fraction of sp³-hybridized carbons (Fsp3) is 0.538. The molecule has 1 unspecified atom stereocenters. The van der Waals surface area contributed by atoms with Crippen molar-refractivity contribution in [2.45, 2.75) is 31.7 Å². The number of hydrogen-bond acceptors (Lipinski definition) is 3. The lowest BCUT2D eigenvalue weighted by molar-refractivity contribution is 0.254. The third-order valence-electron chi connectivity index (χ3n) is 3.12. The largest absolute Gasteiger partial charge is 0.492 e. The zero-order valence-electron chi connectivity index (χ0n) is 9.86. The fourth-order valence-corrected chi connectivity index (χ4v) is 1.91. The molecule has 0 radical (unpaired) electrons. The molecule has 0 spiro atoms. The number of nitrogens with two attached hydrogens (primary N) is 1. The molecule has 0 aromatic heterocycles. The number of benzene rings is 1. The van der Waals surface area contributed by atoms with E-state index in [1.807, 2.05) is 24.3 Å². The Kier molecular flexibility index (Phi) is 4.66. The minimum Gasteiger partial charge on any atom is -0.492 e. The highest BCUT2D eigenvalue weighted by Crippen LogP contribution is 2.33. The Bertz CT molecular complexity index is 338. The smallest absolute Gasteiger partial charge is 0.119 e. The van der Waals surface area contributed by atoms with Crippen LogP contribution in [-0.2, 0) is 0 Å². The number of halogens is 1. The molecule has 1 aromatic carbocycles. The van der Waals surface area contributed by atoms with Gasteiger partial charge in [-0.1, -0.05) is 24.4 Å². The molecule has 1 aliphatic carbocycles. The van der Waals surface area contributed by atoms with Gasteiger partial charge in [0.05, 0.1) is 6.04 Å². The van der Waals surface area contributed by atoms with Gasteiger partial charge in [0.1, 0.15) is 12.4 Å². The first-order valence-electron chi connectivity index (χ1n) is 6.12. The lowest BCUT2D eigenvalue weighted by Gasteiger charge is -2.16. The van der Waals surface area contributed by atoms with E-state index in [1.54, 1.807) is 0 Å². The molecule has 17 heavy (non-hydrogen) atoms. The summed E-state index contributed by atoms with van der Waals surface area (Å²) in [5.41, 5.74) is 2.82. The summed E-state index contributed by atoms with van der Waals surface area (Å²) >= 11 is 5.81. The number of hydrazine groups is 1. The number of rotatable bonds is 7. The van der Waals surface area contributed by atoms with E-state index in [4.69, 9.17) is 22.2 Å². The second-order valence-electron chi connectivity index (χ2n) is 4.65. The van der Waals surface area contributed by atoms with Crippen LogP contribution in [0.3, 0.4) is 0 Å². The van der Waals surface area contributed by atoms with Crippen LogP contribution in [0.1, 0.15) is 25.7 Å². The van der Waals surface area contributed by atoms with Crippen LogP contribution < -0.4 is 16.0 Å². The maximum atomic E-state index is 5.81. The van der Waals surface area contributed by atoms with Crippen LogP contribution in [-0.4, -0.2) is 12.6 Å². The van der Waals surface area contributed by atoms with Gasteiger partial charge in [-0.25, -0.2) is 0 Å². The standard InChI is InChI=1S/C13H19ClN2O/c14-11-4-7-13(8-5-11)17-9-12(16-15)6-3-10-1-2-10/h4-5,7-8,10,12,16H,1-3,6,9,15H2. The van der Waals surface area contributed by atoms with Crippen molar-refractivity contribution in [1.82, 2.24) is 5.43 Å². The molecule has 0 saturated heterocycles. The highest BCUT2D eigenvalue weighted by atomic mass is 35.5. The zero-order chi connectivity index (χ0) is 12.1. The molecule has 3 nitrogen and oxygen atoms in total. The summed E-state index contributed by atoms with van der Waals surface area (Å²) in [7, 11) is 0. The van der Waals surface area contributed by atoms with E-state index in [0.29, 0.717) is 6.61 Å². The van der Waals surface area contributed by atoms with Gasteiger partial charge in [0.25, 0.3) is 0 Å². The molecule has 3 N–H and O–H groups in total. The van der Waals surface area contributed by atoms with E-state index in [1.165, 1.54) is 19.3 Å². The summed E-state index contributed by atoms with van der Waals surface area (Å²) in [6.07, 6.45) is 5.10. The first-order valence-corrected chi connectivity index (χ1v) is 6.50. The number of ether oxygens (including phenoxy) is 1. The summed E-state index contributed by atoms with van der Waals surface area (Å²) in [5, 5.41) is 0.722. The fourth-order valence-electron chi connectivity index (χ4n) is 1.79. The first-order chi connectivity index (χ1) is 8.28. The molecule has 4 heteroatoms. The molecular formula is C13H19ClN2O. The third kappa shape index (κ3) is 4.54. The van der Waals surface area contributed by atoms with E-state index < -0.39 is 0 Å². The van der Waals surface area contributed by atoms with Gasteiger partial charge < -0.3 is 4.74 Å². The predicted octanol–water partition coefficient (Wildman–Crippen LogP) is 2.74. The maximum Gasteiger partial charge on any atom is 0.119 e. The van der Waals surface area contributed by atoms with Gasteiger partial charge in [-0.3, -0.25) is 11.3 Å². The molecule has 1 fully saturated rings. The summed E-state index contributed by atoms with van der Waals surface area (Å²) in [6, 6.07) is 7.62. The van der Waals surface area contributed by atoms with E-state index in [2.05, 4.69) is 5.43 Å². The Labute approximate surface area is 107 Å². The molecule has 2 rings (SSSR count). The van der Waals surface area contributed by atoms with Gasteiger partial charge in [0, 0.05) is 5.02 Å². The average Bonchev–Trinajstić information content (AvgIpc) is 3.15. The third-order valence-corrected chi connectivity index (χ3v) is 3.37. The molecule has 1 saturated carbocycles. The second kappa shape index (κ2) is 6.24. The topological polar surface area (TPSA) is 47.3 Å². The van der Waals surface area contributed by atoms with Gasteiger partial charge in [-0.15, -0.1) is 0 Å². The van der Waals surface area contributed by atoms with Crippen LogP contribution in [0.2, 0.25) is 5.02 Å². The van der Waals surface area contributed by atoms with Crippen LogP contribution in [0, 0.1) is 5.92 Å². The van der Waals surface area contributed by atoms with Crippen molar-refractivity contribution in [3.05, 3.63) is 29.3 Å². The van der Waals surface area contributed by atoms with Crippen LogP contribution in [0.5, 0.6) is 5.75 Å². The molecule has 94 valence electrons. The number of nitrogens with one attached hydrogen (secondary N) is 1. The van der Waals surface area contributed by atoms with Gasteiger partial charge in [-0.2, -0.15) is 0 Å². The van der Waals surface area contributed by atoms with E-state index in [0.717, 1.165) is 23.1 Å². The molecule has 0 heterocycles. The monoisotopic (exact) mass is 254 g/mol. The Morgan fingerprint density at radius 2 is 2.06 bits per heavy atom. The summed E-state index contributed by atoms with van der Waals surface area (Å²) in [4.78, 5) is 0. The van der Waals surface area contributed by atoms with Crippen molar-refractivity contribution >= 4 is 11.6 Å². The van der Waals surface area contributed by atoms with Crippen molar-refractivity contribution < 1.29 is 4.74 Å². The summed E-state index contributed by atoms with van der Waals surface area (Å²) in [5.74, 6) is 7.28. The molecule has 1 atom stereocenters. The second-order valence-corrected chi connectivity index (χ2v) is 5.09. The lowest BCUT2D eigenvalue weighted by atomic mass is 10.1. The molecule has 0 aliphatic heterocycles. The van der Waals surface area contributed by atoms with E-state index >= 15 is 0 Å². The van der Waals surface area contributed by atoms with Crippen LogP contribution in [0.25, 0.3) is 0 Å². The van der Waals surface area contributed by atoms with Crippen molar-refractivity contribution in [1.29, 1.82) is 0 Å². The Morgan fingerprint density at radius 1 is 1.35 bits per heavy atom. The lowest BCUT2D eigenvalue weighted by Crippen LogP contribution is -2.39. The Morgan fingerprint density at radius 3 is 2.65 bits per heavy atom. The molecule has 0 bridgehead atoms. The minimum atomic E-state index is 0.228. The zero-order valence-corrected chi connectivity index (χ0v) is 10.6. The van der Waals surface area contributed by atoms with Gasteiger partial charge in [0.15, 0.2) is 0 Å². The van der Waals surface area contributed by atoms with Crippen molar-refractivity contribution in [2.24, 2.45) is 11.8 Å². The Hall–Kier alpha value is -0.770. The molecule has 1 aromatic rings. The Balaban J connectivity index is 1.72. The van der Waals surface area contributed by atoms with Gasteiger partial charge in [0.2, 0.25) is 0 Å². The number of hydrogen-bond donors (Lipinski definition) is 2. The summed E-state index contributed by atoms with van der Waals surface area (Å²) in [6.45, 7) is 0.602. The van der Waals surface area contributed by atoms with Crippen molar-refractivity contribution in [3.63, 3.8) is 0 Å². The normalized spacial score (nSPS) is 16.8. The van der Waals surface area contributed by atoms with Crippen molar-refractivity contribution in [2.75, 3.05) is 6.61 Å². The van der Waals surface area contributed by atoms with Gasteiger partial charge in [-0.05, 0) is 43.0 Å². The SMILES string of the molecule is NNC(CCC1CC1)COc1ccc(Cl)cc1. The van der Waals surface area contributed by atoms with Crippen LogP contribution in [0.4, 0.5) is 0 Å². The molecule has 0 amide bonds.